The Bertz CT molecular complexity index is 273. The van der Waals surface area contributed by atoms with E-state index in [0.717, 1.165) is 20.8 Å². The average Bonchev–Trinajstić information content (AvgIpc) is 1.96. The van der Waals surface area contributed by atoms with E-state index in [2.05, 4.69) is 0 Å². The van der Waals surface area contributed by atoms with Gasteiger partial charge in [0, 0.05) is 6.92 Å². The van der Waals surface area contributed by atoms with Crippen molar-refractivity contribution >= 4 is 11.9 Å². The van der Waals surface area contributed by atoms with Crippen LogP contribution in [-0.2, 0) is 9.59 Å². The molecule has 0 aromatic heterocycles. The number of carbonyl (C=O) groups is 2. The predicted octanol–water partition coefficient (Wildman–Crippen LogP) is 1.16. The van der Waals surface area contributed by atoms with Crippen LogP contribution in [-0.4, -0.2) is 29.2 Å². The second-order valence-electron chi connectivity index (χ2n) is 3.69. The van der Waals surface area contributed by atoms with Gasteiger partial charge in [-0.1, -0.05) is 0 Å². The Hall–Kier alpha value is -1.27. The number of carboxylic acid groups (broad SMARTS) is 1. The maximum absolute atomic E-state index is 12.5. The van der Waals surface area contributed by atoms with Crippen molar-refractivity contribution in [1.29, 1.82) is 0 Å². The lowest BCUT2D eigenvalue weighted by Gasteiger charge is -2.33. The van der Waals surface area contributed by atoms with Gasteiger partial charge in [0.2, 0.25) is 5.91 Å². The van der Waals surface area contributed by atoms with E-state index in [1.54, 1.807) is 5.32 Å². The number of aliphatic carboxylic acids is 1. The molecule has 0 fully saturated rings. The highest BCUT2D eigenvalue weighted by Gasteiger charge is 2.55. The van der Waals surface area contributed by atoms with Crippen molar-refractivity contribution in [2.45, 2.75) is 33.0 Å². The van der Waals surface area contributed by atoms with E-state index < -0.39 is 29.5 Å². The summed E-state index contributed by atoms with van der Waals surface area (Å²) in [6.07, 6.45) is -4.71. The minimum atomic E-state index is -4.71. The SMILES string of the molecule is CC(=O)NC(C(=O)O)C(C)(C)C(F)(F)F. The van der Waals surface area contributed by atoms with Gasteiger partial charge in [0.15, 0.2) is 0 Å². The first-order chi connectivity index (χ1) is 6.50. The van der Waals surface area contributed by atoms with E-state index in [9.17, 15) is 22.8 Å². The highest BCUT2D eigenvalue weighted by molar-refractivity contribution is 5.82. The molecule has 0 radical (unpaired) electrons. The van der Waals surface area contributed by atoms with Crippen molar-refractivity contribution in [3.63, 3.8) is 0 Å². The van der Waals surface area contributed by atoms with Crippen LogP contribution >= 0.6 is 0 Å². The highest BCUT2D eigenvalue weighted by atomic mass is 19.4. The van der Waals surface area contributed by atoms with E-state index in [4.69, 9.17) is 5.11 Å². The maximum atomic E-state index is 12.5. The molecule has 0 spiro atoms. The Morgan fingerprint density at radius 3 is 1.87 bits per heavy atom. The molecule has 0 aliphatic carbocycles. The zero-order valence-corrected chi connectivity index (χ0v) is 8.47. The standard InChI is InChI=1S/C8H12F3NO3/c1-4(13)12-5(6(14)15)7(2,3)8(9,10)11/h5H,1-3H3,(H,12,13)(H,14,15). The molecule has 0 rings (SSSR count). The molecule has 2 N–H and O–H groups in total. The van der Waals surface area contributed by atoms with Crippen LogP contribution in [0.15, 0.2) is 0 Å². The van der Waals surface area contributed by atoms with Crippen LogP contribution in [0, 0.1) is 5.41 Å². The third-order valence-corrected chi connectivity index (χ3v) is 2.05. The van der Waals surface area contributed by atoms with E-state index in [1.807, 2.05) is 0 Å². The van der Waals surface area contributed by atoms with Crippen molar-refractivity contribution in [3.8, 4) is 0 Å². The van der Waals surface area contributed by atoms with Crippen molar-refractivity contribution in [3.05, 3.63) is 0 Å². The van der Waals surface area contributed by atoms with Gasteiger partial charge in [0.05, 0.1) is 5.41 Å². The minimum Gasteiger partial charge on any atom is -0.480 e. The van der Waals surface area contributed by atoms with Crippen molar-refractivity contribution in [2.75, 3.05) is 0 Å². The number of halogens is 3. The summed E-state index contributed by atoms with van der Waals surface area (Å²) in [6.45, 7) is 2.41. The molecule has 7 heteroatoms. The summed E-state index contributed by atoms with van der Waals surface area (Å²) in [5, 5.41) is 10.4. The molecule has 88 valence electrons. The molecule has 1 amide bonds. The van der Waals surface area contributed by atoms with Crippen LogP contribution in [0.2, 0.25) is 0 Å². The third-order valence-electron chi connectivity index (χ3n) is 2.05. The Morgan fingerprint density at radius 2 is 1.67 bits per heavy atom. The molecule has 0 heterocycles. The van der Waals surface area contributed by atoms with Crippen LogP contribution in [0.5, 0.6) is 0 Å². The summed E-state index contributed by atoms with van der Waals surface area (Å²) in [5.74, 6) is -2.53. The highest BCUT2D eigenvalue weighted by Crippen LogP contribution is 2.40. The smallest absolute Gasteiger partial charge is 0.396 e. The largest absolute Gasteiger partial charge is 0.480 e. The van der Waals surface area contributed by atoms with Gasteiger partial charge in [-0.25, -0.2) is 4.79 Å². The number of hydrogen-bond donors (Lipinski definition) is 2. The summed E-state index contributed by atoms with van der Waals surface area (Å²) in [4.78, 5) is 21.2. The van der Waals surface area contributed by atoms with Gasteiger partial charge in [0.1, 0.15) is 6.04 Å². The molecule has 0 aromatic carbocycles. The first kappa shape index (κ1) is 13.7. The molecule has 0 aliphatic rings. The lowest BCUT2D eigenvalue weighted by Crippen LogP contribution is -2.55. The zero-order chi connectivity index (χ0) is 12.4. The van der Waals surface area contributed by atoms with E-state index in [0.29, 0.717) is 0 Å². The molecule has 1 unspecified atom stereocenters. The topological polar surface area (TPSA) is 66.4 Å². The number of nitrogens with one attached hydrogen (secondary N) is 1. The Morgan fingerprint density at radius 1 is 1.27 bits per heavy atom. The summed E-state index contributed by atoms with van der Waals surface area (Å²) >= 11 is 0. The van der Waals surface area contributed by atoms with Crippen molar-refractivity contribution in [2.24, 2.45) is 5.41 Å². The summed E-state index contributed by atoms with van der Waals surface area (Å²) in [7, 11) is 0. The van der Waals surface area contributed by atoms with E-state index >= 15 is 0 Å². The predicted molar refractivity (Wildman–Crippen MR) is 45.1 cm³/mol. The van der Waals surface area contributed by atoms with Gasteiger partial charge < -0.3 is 10.4 Å². The van der Waals surface area contributed by atoms with Crippen LogP contribution in [0.4, 0.5) is 13.2 Å². The molecular formula is C8H12F3NO3. The average molecular weight is 227 g/mol. The number of amides is 1. The van der Waals surface area contributed by atoms with Gasteiger partial charge >= 0.3 is 12.1 Å². The van der Waals surface area contributed by atoms with Gasteiger partial charge in [0.25, 0.3) is 0 Å². The fourth-order valence-electron chi connectivity index (χ4n) is 0.918. The summed E-state index contributed by atoms with van der Waals surface area (Å²) < 4.78 is 37.4. The van der Waals surface area contributed by atoms with Crippen molar-refractivity contribution < 1.29 is 27.9 Å². The number of alkyl halides is 3. The van der Waals surface area contributed by atoms with E-state index in [1.165, 1.54) is 0 Å². The van der Waals surface area contributed by atoms with Crippen LogP contribution < -0.4 is 5.32 Å². The fraction of sp³-hybridized carbons (Fsp3) is 0.750. The molecule has 0 bridgehead atoms. The molecule has 15 heavy (non-hydrogen) atoms. The van der Waals surface area contributed by atoms with Gasteiger partial charge in [-0.05, 0) is 13.8 Å². The normalized spacial score (nSPS) is 14.5. The second-order valence-corrected chi connectivity index (χ2v) is 3.69. The van der Waals surface area contributed by atoms with Crippen LogP contribution in [0.3, 0.4) is 0 Å². The first-order valence-electron chi connectivity index (χ1n) is 4.06. The third kappa shape index (κ3) is 3.10. The molecular weight excluding hydrogens is 215 g/mol. The van der Waals surface area contributed by atoms with E-state index in [-0.39, 0.29) is 0 Å². The Balaban J connectivity index is 5.08. The monoisotopic (exact) mass is 227 g/mol. The summed E-state index contributed by atoms with van der Waals surface area (Å²) in [6, 6.07) is -1.99. The molecule has 0 aliphatic heterocycles. The molecule has 0 aromatic rings. The van der Waals surface area contributed by atoms with Crippen LogP contribution in [0.1, 0.15) is 20.8 Å². The second kappa shape index (κ2) is 4.08. The quantitative estimate of drug-likeness (QED) is 0.760. The van der Waals surface area contributed by atoms with Gasteiger partial charge in [-0.15, -0.1) is 0 Å². The molecule has 4 nitrogen and oxygen atoms in total. The van der Waals surface area contributed by atoms with Gasteiger partial charge in [-0.3, -0.25) is 4.79 Å². The first-order valence-corrected chi connectivity index (χ1v) is 4.06. The lowest BCUT2D eigenvalue weighted by atomic mass is 9.83. The number of rotatable bonds is 3. The van der Waals surface area contributed by atoms with Crippen LogP contribution in [0.25, 0.3) is 0 Å². The fourth-order valence-corrected chi connectivity index (χ4v) is 0.918. The molecule has 0 saturated heterocycles. The molecule has 1 atom stereocenters. The Labute approximate surface area is 84.5 Å². The maximum Gasteiger partial charge on any atom is 0.396 e. The number of carboxylic acids is 1. The zero-order valence-electron chi connectivity index (χ0n) is 8.47. The summed E-state index contributed by atoms with van der Waals surface area (Å²) in [5.41, 5.74) is -2.52. The lowest BCUT2D eigenvalue weighted by molar-refractivity contribution is -0.224. The number of carbonyl (C=O) groups excluding carboxylic acids is 1. The number of hydrogen-bond acceptors (Lipinski definition) is 2. The van der Waals surface area contributed by atoms with Gasteiger partial charge in [-0.2, -0.15) is 13.2 Å². The Kier molecular flexibility index (Phi) is 3.73. The minimum absolute atomic E-state index is 0.724. The van der Waals surface area contributed by atoms with Crippen molar-refractivity contribution in [1.82, 2.24) is 5.32 Å². The molecule has 0 saturated carbocycles.